The van der Waals surface area contributed by atoms with Crippen molar-refractivity contribution in [2.24, 2.45) is 0 Å². The number of benzene rings is 1. The molecule has 0 aliphatic carbocycles. The number of fused-ring (bicyclic) bond motifs is 1. The summed E-state index contributed by atoms with van der Waals surface area (Å²) in [6.45, 7) is 2.33. The third kappa shape index (κ3) is 3.69. The maximum absolute atomic E-state index is 12.6. The maximum atomic E-state index is 12.6. The molecule has 0 atom stereocenters. The van der Waals surface area contributed by atoms with Crippen LogP contribution >= 0.6 is 11.3 Å². The van der Waals surface area contributed by atoms with Crippen molar-refractivity contribution in [2.45, 2.75) is 19.9 Å². The van der Waals surface area contributed by atoms with E-state index in [-0.39, 0.29) is 16.6 Å². The number of nitrogens with zero attached hydrogens (tertiary/aromatic N) is 4. The second kappa shape index (κ2) is 7.76. The molecule has 0 aliphatic rings. The Morgan fingerprint density at radius 2 is 2.00 bits per heavy atom. The number of nitrogens with one attached hydrogen (secondary N) is 2. The van der Waals surface area contributed by atoms with Crippen LogP contribution in [0.4, 0.5) is 5.13 Å². The number of anilines is 1. The number of pyridine rings is 1. The fraction of sp³-hybridized carbons (Fsp3) is 0.158. The molecule has 9 nitrogen and oxygen atoms in total. The second-order valence-electron chi connectivity index (χ2n) is 6.24. The highest BCUT2D eigenvalue weighted by atomic mass is 32.1. The minimum Gasteiger partial charge on any atom is -0.296 e. The zero-order chi connectivity index (χ0) is 20.4. The van der Waals surface area contributed by atoms with E-state index in [4.69, 9.17) is 0 Å². The smallest absolute Gasteiger partial charge is 0.296 e. The number of hydrogen-bond donors (Lipinski definition) is 2. The van der Waals surface area contributed by atoms with Gasteiger partial charge in [0.1, 0.15) is 10.7 Å². The van der Waals surface area contributed by atoms with Gasteiger partial charge in [0.25, 0.3) is 11.5 Å². The van der Waals surface area contributed by atoms with Crippen molar-refractivity contribution in [3.05, 3.63) is 69.0 Å². The van der Waals surface area contributed by atoms with E-state index < -0.39 is 17.2 Å². The normalized spacial score (nSPS) is 10.9. The van der Waals surface area contributed by atoms with Crippen LogP contribution in [0.25, 0.3) is 21.6 Å². The molecule has 146 valence electrons. The standard InChI is InChI=1S/C19H16N6O3S/c1-2-8-25-14-13(16(27)22-19(25)28)9-12(10-20-14)15(26)21-18-24-23-17(29-18)11-6-4-3-5-7-11/h3-7,9-10H,2,8H2,1H3,(H,21,24,26)(H,22,27,28). The first-order valence-corrected chi connectivity index (χ1v) is 9.71. The Balaban J connectivity index is 1.63. The van der Waals surface area contributed by atoms with Gasteiger partial charge in [0.15, 0.2) is 0 Å². The van der Waals surface area contributed by atoms with E-state index >= 15 is 0 Å². The topological polar surface area (TPSA) is 123 Å². The van der Waals surface area contributed by atoms with Crippen molar-refractivity contribution in [1.29, 1.82) is 0 Å². The van der Waals surface area contributed by atoms with Crippen molar-refractivity contribution in [2.75, 3.05) is 5.32 Å². The molecule has 1 aromatic carbocycles. The molecule has 3 heterocycles. The van der Waals surface area contributed by atoms with Crippen molar-refractivity contribution >= 4 is 33.4 Å². The molecule has 0 bridgehead atoms. The van der Waals surface area contributed by atoms with Gasteiger partial charge in [-0.2, -0.15) is 0 Å². The summed E-state index contributed by atoms with van der Waals surface area (Å²) in [7, 11) is 0. The molecule has 0 saturated heterocycles. The summed E-state index contributed by atoms with van der Waals surface area (Å²) in [5.74, 6) is -0.470. The number of aromatic amines is 1. The van der Waals surface area contributed by atoms with Gasteiger partial charge in [-0.3, -0.25) is 24.5 Å². The van der Waals surface area contributed by atoms with Gasteiger partial charge in [0, 0.05) is 18.3 Å². The van der Waals surface area contributed by atoms with Crippen molar-refractivity contribution in [3.8, 4) is 10.6 Å². The molecular formula is C19H16N6O3S. The molecule has 0 fully saturated rings. The van der Waals surface area contributed by atoms with E-state index in [0.717, 1.165) is 5.56 Å². The molecule has 0 aliphatic heterocycles. The van der Waals surface area contributed by atoms with Crippen molar-refractivity contribution < 1.29 is 4.79 Å². The second-order valence-corrected chi connectivity index (χ2v) is 7.22. The zero-order valence-electron chi connectivity index (χ0n) is 15.4. The van der Waals surface area contributed by atoms with Gasteiger partial charge in [-0.15, -0.1) is 10.2 Å². The monoisotopic (exact) mass is 408 g/mol. The Kier molecular flexibility index (Phi) is 5.00. The predicted octanol–water partition coefficient (Wildman–Crippen LogP) is 2.27. The van der Waals surface area contributed by atoms with Crippen LogP contribution in [0.3, 0.4) is 0 Å². The van der Waals surface area contributed by atoms with Gasteiger partial charge in [-0.05, 0) is 12.5 Å². The van der Waals surface area contributed by atoms with E-state index in [1.54, 1.807) is 0 Å². The molecule has 0 unspecified atom stereocenters. The number of carbonyl (C=O) groups is 1. The fourth-order valence-corrected chi connectivity index (χ4v) is 3.61. The highest BCUT2D eigenvalue weighted by Gasteiger charge is 2.15. The van der Waals surface area contributed by atoms with E-state index in [1.165, 1.54) is 28.2 Å². The van der Waals surface area contributed by atoms with Gasteiger partial charge in [0.05, 0.1) is 10.9 Å². The minimum absolute atomic E-state index is 0.174. The zero-order valence-corrected chi connectivity index (χ0v) is 16.2. The van der Waals surface area contributed by atoms with Gasteiger partial charge in [-0.1, -0.05) is 48.6 Å². The van der Waals surface area contributed by atoms with Crippen LogP contribution in [0.1, 0.15) is 23.7 Å². The Hall–Kier alpha value is -3.66. The van der Waals surface area contributed by atoms with Crippen LogP contribution < -0.4 is 16.6 Å². The molecule has 4 rings (SSSR count). The number of aryl methyl sites for hydroxylation is 1. The lowest BCUT2D eigenvalue weighted by atomic mass is 10.2. The third-order valence-corrected chi connectivity index (χ3v) is 5.10. The summed E-state index contributed by atoms with van der Waals surface area (Å²) in [5, 5.41) is 11.9. The molecular weight excluding hydrogens is 392 g/mol. The summed E-state index contributed by atoms with van der Waals surface area (Å²) >= 11 is 1.24. The minimum atomic E-state index is -0.582. The summed E-state index contributed by atoms with van der Waals surface area (Å²) in [6.07, 6.45) is 2.04. The van der Waals surface area contributed by atoms with E-state index in [9.17, 15) is 14.4 Å². The Morgan fingerprint density at radius 1 is 1.21 bits per heavy atom. The fourth-order valence-electron chi connectivity index (χ4n) is 2.86. The average Bonchev–Trinajstić information content (AvgIpc) is 3.20. The molecule has 10 heteroatoms. The predicted molar refractivity (Wildman–Crippen MR) is 110 cm³/mol. The first-order chi connectivity index (χ1) is 14.1. The number of amides is 1. The van der Waals surface area contributed by atoms with Crippen LogP contribution in [0.2, 0.25) is 0 Å². The van der Waals surface area contributed by atoms with Crippen molar-refractivity contribution in [1.82, 2.24) is 24.7 Å². The Labute approximate surface area is 168 Å². The first-order valence-electron chi connectivity index (χ1n) is 8.90. The summed E-state index contributed by atoms with van der Waals surface area (Å²) in [4.78, 5) is 43.2. The molecule has 2 N–H and O–H groups in total. The quantitative estimate of drug-likeness (QED) is 0.522. The lowest BCUT2D eigenvalue weighted by Gasteiger charge is -2.08. The highest BCUT2D eigenvalue weighted by Crippen LogP contribution is 2.26. The van der Waals surface area contributed by atoms with E-state index in [1.807, 2.05) is 37.3 Å². The number of rotatable bonds is 5. The van der Waals surface area contributed by atoms with Gasteiger partial charge >= 0.3 is 5.69 Å². The Morgan fingerprint density at radius 3 is 2.76 bits per heavy atom. The third-order valence-electron chi connectivity index (χ3n) is 4.21. The van der Waals surface area contributed by atoms with Gasteiger partial charge in [-0.25, -0.2) is 9.78 Å². The molecule has 0 radical (unpaired) electrons. The first kappa shape index (κ1) is 18.7. The molecule has 1 amide bonds. The number of hydrogen-bond acceptors (Lipinski definition) is 7. The SMILES string of the molecule is CCCn1c(=O)[nH]c(=O)c2cc(C(=O)Nc3nnc(-c4ccccc4)s3)cnc21. The number of carbonyl (C=O) groups excluding carboxylic acids is 1. The Bertz CT molecular complexity index is 1310. The molecule has 0 spiro atoms. The van der Waals surface area contributed by atoms with E-state index in [2.05, 4.69) is 25.5 Å². The summed E-state index contributed by atoms with van der Waals surface area (Å²) in [6, 6.07) is 10.9. The molecule has 0 saturated carbocycles. The van der Waals surface area contributed by atoms with Crippen LogP contribution in [-0.2, 0) is 6.54 Å². The number of H-pyrrole nitrogens is 1. The highest BCUT2D eigenvalue weighted by molar-refractivity contribution is 7.18. The largest absolute Gasteiger partial charge is 0.329 e. The van der Waals surface area contributed by atoms with Crippen LogP contribution in [0.15, 0.2) is 52.2 Å². The lowest BCUT2D eigenvalue weighted by Crippen LogP contribution is -2.31. The lowest BCUT2D eigenvalue weighted by molar-refractivity contribution is 0.102. The summed E-state index contributed by atoms with van der Waals surface area (Å²) < 4.78 is 1.38. The van der Waals surface area contributed by atoms with Crippen molar-refractivity contribution in [3.63, 3.8) is 0 Å². The van der Waals surface area contributed by atoms with Crippen LogP contribution in [-0.4, -0.2) is 30.6 Å². The molecule has 4 aromatic rings. The molecule has 29 heavy (non-hydrogen) atoms. The van der Waals surface area contributed by atoms with Gasteiger partial charge < -0.3 is 0 Å². The maximum Gasteiger partial charge on any atom is 0.329 e. The summed E-state index contributed by atoms with van der Waals surface area (Å²) in [5.41, 5.74) is 0.233. The molecule has 3 aromatic heterocycles. The van der Waals surface area contributed by atoms with E-state index in [0.29, 0.717) is 23.1 Å². The van der Waals surface area contributed by atoms with Crippen LogP contribution in [0.5, 0.6) is 0 Å². The van der Waals surface area contributed by atoms with Gasteiger partial charge in [0.2, 0.25) is 5.13 Å². The average molecular weight is 408 g/mol. The van der Waals surface area contributed by atoms with Crippen LogP contribution in [0, 0.1) is 0 Å². The number of aromatic nitrogens is 5.